The largest absolute Gasteiger partial charge is 0.319 e. The Balaban J connectivity index is 2.24. The van der Waals surface area contributed by atoms with Gasteiger partial charge in [0.05, 0.1) is 10.3 Å². The van der Waals surface area contributed by atoms with Gasteiger partial charge < -0.3 is 5.32 Å². The third-order valence-corrected chi connectivity index (χ3v) is 3.18. The zero-order valence-corrected chi connectivity index (χ0v) is 7.82. The van der Waals surface area contributed by atoms with Crippen molar-refractivity contribution in [1.82, 2.24) is 0 Å². The monoisotopic (exact) mass is 204 g/mol. The number of carbonyl (C=O) groups is 1. The summed E-state index contributed by atoms with van der Waals surface area (Å²) in [5, 5.41) is 13.4. The fourth-order valence-corrected chi connectivity index (χ4v) is 2.20. The summed E-state index contributed by atoms with van der Waals surface area (Å²) in [7, 11) is 0. The fourth-order valence-electron chi connectivity index (χ4n) is 2.20. The van der Waals surface area contributed by atoms with Gasteiger partial charge in [-0.2, -0.15) is 0 Å². The first-order valence-corrected chi connectivity index (χ1v) is 4.74. The predicted molar refractivity (Wildman–Crippen MR) is 52.6 cm³/mol. The van der Waals surface area contributed by atoms with E-state index in [4.69, 9.17) is 0 Å². The number of hydrogen-bond donors (Lipinski definition) is 1. The number of nitro benzene ring substituents is 1. The zero-order chi connectivity index (χ0) is 10.6. The van der Waals surface area contributed by atoms with Crippen molar-refractivity contribution in [2.75, 3.05) is 5.32 Å². The lowest BCUT2D eigenvalue weighted by Crippen LogP contribution is -2.18. The number of nitrogens with one attached hydrogen (secondary N) is 1. The van der Waals surface area contributed by atoms with Crippen LogP contribution >= 0.6 is 0 Å². The molecule has 5 heteroatoms. The fraction of sp³-hybridized carbons (Fsp3) is 0.300. The highest BCUT2D eigenvalue weighted by Gasteiger charge is 2.57. The number of anilines is 1. The van der Waals surface area contributed by atoms with Gasteiger partial charge >= 0.3 is 0 Å². The standard InChI is InChI=1S/C10H8N2O3/c13-9-10(4-5-10)6-2-1-3-7(12(14)15)8(6)11-9/h1-3H,4-5H2,(H,11,13). The van der Waals surface area contributed by atoms with Gasteiger partial charge in [0.15, 0.2) is 0 Å². The Morgan fingerprint density at radius 1 is 1.40 bits per heavy atom. The van der Waals surface area contributed by atoms with E-state index in [0.29, 0.717) is 5.69 Å². The van der Waals surface area contributed by atoms with E-state index in [2.05, 4.69) is 5.32 Å². The minimum atomic E-state index is -0.458. The summed E-state index contributed by atoms with van der Waals surface area (Å²) >= 11 is 0. The first kappa shape index (κ1) is 8.40. The van der Waals surface area contributed by atoms with Gasteiger partial charge in [-0.3, -0.25) is 14.9 Å². The molecule has 0 bridgehead atoms. The minimum absolute atomic E-state index is 0.00961. The van der Waals surface area contributed by atoms with Crippen molar-refractivity contribution >= 4 is 17.3 Å². The molecule has 1 aromatic carbocycles. The number of rotatable bonds is 1. The Hall–Kier alpha value is -1.91. The average Bonchev–Trinajstić information content (AvgIpc) is 2.93. The lowest BCUT2D eigenvalue weighted by atomic mass is 9.97. The lowest BCUT2D eigenvalue weighted by Gasteiger charge is -2.02. The van der Waals surface area contributed by atoms with Crippen molar-refractivity contribution in [3.63, 3.8) is 0 Å². The highest BCUT2D eigenvalue weighted by atomic mass is 16.6. The summed E-state index contributed by atoms with van der Waals surface area (Å²) in [6.07, 6.45) is 1.60. The first-order valence-electron chi connectivity index (χ1n) is 4.74. The Morgan fingerprint density at radius 3 is 2.73 bits per heavy atom. The molecule has 2 aliphatic rings. The van der Waals surface area contributed by atoms with Gasteiger partial charge in [0.1, 0.15) is 5.69 Å². The molecule has 1 aliphatic heterocycles. The van der Waals surface area contributed by atoms with Crippen LogP contribution in [-0.4, -0.2) is 10.8 Å². The van der Waals surface area contributed by atoms with Crippen LogP contribution in [0.5, 0.6) is 0 Å². The molecule has 0 saturated heterocycles. The highest BCUT2D eigenvalue weighted by molar-refractivity contribution is 6.10. The molecule has 15 heavy (non-hydrogen) atoms. The molecule has 0 unspecified atom stereocenters. The molecule has 1 aromatic rings. The number of amides is 1. The summed E-state index contributed by atoms with van der Waals surface area (Å²) in [5.74, 6) is -0.0909. The Morgan fingerprint density at radius 2 is 2.13 bits per heavy atom. The van der Waals surface area contributed by atoms with Crippen LogP contribution in [0.1, 0.15) is 18.4 Å². The zero-order valence-electron chi connectivity index (χ0n) is 7.82. The first-order chi connectivity index (χ1) is 7.15. The molecule has 1 saturated carbocycles. The van der Waals surface area contributed by atoms with Crippen LogP contribution in [0.3, 0.4) is 0 Å². The topological polar surface area (TPSA) is 72.2 Å². The number of nitrogens with zero attached hydrogens (tertiary/aromatic N) is 1. The number of hydrogen-bond acceptors (Lipinski definition) is 3. The summed E-state index contributed by atoms with van der Waals surface area (Å²) < 4.78 is 0. The second kappa shape index (κ2) is 2.36. The summed E-state index contributed by atoms with van der Waals surface area (Å²) in [5.41, 5.74) is 0.734. The normalized spacial score (nSPS) is 19.9. The summed E-state index contributed by atoms with van der Waals surface area (Å²) in [4.78, 5) is 22.0. The SMILES string of the molecule is O=C1Nc2c([N+](=O)[O-])cccc2C12CC2. The molecule has 1 fully saturated rings. The Labute approximate surface area is 85.2 Å². The third-order valence-electron chi connectivity index (χ3n) is 3.18. The molecule has 0 atom stereocenters. The molecule has 1 aliphatic carbocycles. The maximum Gasteiger partial charge on any atom is 0.293 e. The van der Waals surface area contributed by atoms with Crippen molar-refractivity contribution in [1.29, 1.82) is 0 Å². The minimum Gasteiger partial charge on any atom is -0.319 e. The highest BCUT2D eigenvalue weighted by Crippen LogP contribution is 2.56. The van der Waals surface area contributed by atoms with Crippen LogP contribution in [0.2, 0.25) is 0 Å². The third kappa shape index (κ3) is 0.895. The van der Waals surface area contributed by atoms with Gasteiger partial charge in [-0.25, -0.2) is 0 Å². The number of fused-ring (bicyclic) bond motifs is 2. The molecule has 3 rings (SSSR count). The molecule has 5 nitrogen and oxygen atoms in total. The van der Waals surface area contributed by atoms with Crippen molar-refractivity contribution < 1.29 is 9.72 Å². The lowest BCUT2D eigenvalue weighted by molar-refractivity contribution is -0.383. The molecule has 0 aromatic heterocycles. The van der Waals surface area contributed by atoms with E-state index in [1.54, 1.807) is 12.1 Å². The quantitative estimate of drug-likeness (QED) is 0.557. The average molecular weight is 204 g/mol. The maximum absolute atomic E-state index is 11.7. The molecule has 1 heterocycles. The van der Waals surface area contributed by atoms with Crippen LogP contribution in [0.4, 0.5) is 11.4 Å². The van der Waals surface area contributed by atoms with Crippen LogP contribution in [-0.2, 0) is 10.2 Å². The van der Waals surface area contributed by atoms with E-state index in [1.807, 2.05) is 0 Å². The van der Waals surface area contributed by atoms with Gasteiger partial charge in [-0.15, -0.1) is 0 Å². The molecule has 0 radical (unpaired) electrons. The van der Waals surface area contributed by atoms with Crippen molar-refractivity contribution in [2.24, 2.45) is 0 Å². The second-order valence-corrected chi connectivity index (χ2v) is 3.99. The summed E-state index contributed by atoms with van der Waals surface area (Å²) in [6, 6.07) is 4.85. The van der Waals surface area contributed by atoms with Gasteiger partial charge in [0, 0.05) is 6.07 Å². The van der Waals surface area contributed by atoms with Gasteiger partial charge in [-0.05, 0) is 18.4 Å². The van der Waals surface area contributed by atoms with Crippen molar-refractivity contribution in [3.8, 4) is 0 Å². The van der Waals surface area contributed by atoms with E-state index in [1.165, 1.54) is 6.07 Å². The molecular weight excluding hydrogens is 196 g/mol. The van der Waals surface area contributed by atoms with E-state index in [9.17, 15) is 14.9 Å². The van der Waals surface area contributed by atoms with Gasteiger partial charge in [-0.1, -0.05) is 12.1 Å². The number of benzene rings is 1. The van der Waals surface area contributed by atoms with Crippen molar-refractivity contribution in [3.05, 3.63) is 33.9 Å². The molecular formula is C10H8N2O3. The second-order valence-electron chi connectivity index (χ2n) is 3.99. The number of para-hydroxylation sites is 1. The van der Waals surface area contributed by atoms with E-state index in [-0.39, 0.29) is 11.6 Å². The predicted octanol–water partition coefficient (Wildman–Crippen LogP) is 1.58. The van der Waals surface area contributed by atoms with Crippen LogP contribution in [0.25, 0.3) is 0 Å². The van der Waals surface area contributed by atoms with Crippen LogP contribution in [0.15, 0.2) is 18.2 Å². The molecule has 1 amide bonds. The molecule has 1 N–H and O–H groups in total. The van der Waals surface area contributed by atoms with Crippen LogP contribution < -0.4 is 5.32 Å². The summed E-state index contributed by atoms with van der Waals surface area (Å²) in [6.45, 7) is 0. The molecule has 1 spiro atoms. The van der Waals surface area contributed by atoms with Crippen molar-refractivity contribution in [2.45, 2.75) is 18.3 Å². The number of carbonyl (C=O) groups excluding carboxylic acids is 1. The van der Waals surface area contributed by atoms with Crippen LogP contribution in [0, 0.1) is 10.1 Å². The van der Waals surface area contributed by atoms with E-state index in [0.717, 1.165) is 18.4 Å². The van der Waals surface area contributed by atoms with Gasteiger partial charge in [0.25, 0.3) is 5.69 Å². The Kier molecular flexibility index (Phi) is 1.32. The smallest absolute Gasteiger partial charge is 0.293 e. The van der Waals surface area contributed by atoms with E-state index >= 15 is 0 Å². The number of nitro groups is 1. The Bertz CT molecular complexity index is 491. The maximum atomic E-state index is 11.7. The van der Waals surface area contributed by atoms with Gasteiger partial charge in [0.2, 0.25) is 5.91 Å². The molecule has 76 valence electrons. The van der Waals surface area contributed by atoms with E-state index < -0.39 is 10.3 Å².